The number of nitrogens with zero attached hydrogens (tertiary/aromatic N) is 4. The highest BCUT2D eigenvalue weighted by Gasteiger charge is 2.35. The molecule has 1 unspecified atom stereocenters. The van der Waals surface area contributed by atoms with Crippen LogP contribution >= 0.6 is 0 Å². The molecule has 0 radical (unpaired) electrons. The van der Waals surface area contributed by atoms with Crippen molar-refractivity contribution in [1.29, 1.82) is 0 Å². The van der Waals surface area contributed by atoms with Crippen molar-refractivity contribution in [3.63, 3.8) is 0 Å². The molecule has 2 aliphatic heterocycles. The Kier molecular flexibility index (Phi) is 6.09. The molecule has 3 rings (SSSR count). The number of ether oxygens (including phenoxy) is 2. The van der Waals surface area contributed by atoms with Gasteiger partial charge in [0.1, 0.15) is 6.61 Å². The molecule has 0 bridgehead atoms. The first-order valence-corrected chi connectivity index (χ1v) is 9.18. The minimum Gasteiger partial charge on any atom is -0.381 e. The second-order valence-electron chi connectivity index (χ2n) is 7.16. The van der Waals surface area contributed by atoms with Crippen molar-refractivity contribution in [3.8, 4) is 0 Å². The van der Waals surface area contributed by atoms with Crippen LogP contribution < -0.4 is 0 Å². The third-order valence-corrected chi connectivity index (χ3v) is 5.27. The van der Waals surface area contributed by atoms with Crippen LogP contribution in [0.15, 0.2) is 6.07 Å². The highest BCUT2D eigenvalue weighted by molar-refractivity contribution is 5.78. The lowest BCUT2D eigenvalue weighted by atomic mass is 10.0. The van der Waals surface area contributed by atoms with Gasteiger partial charge in [-0.25, -0.2) is 0 Å². The lowest BCUT2D eigenvalue weighted by Gasteiger charge is -2.38. The van der Waals surface area contributed by atoms with Crippen LogP contribution in [0.3, 0.4) is 0 Å². The molecule has 0 aliphatic carbocycles. The van der Waals surface area contributed by atoms with Gasteiger partial charge in [0.15, 0.2) is 0 Å². The average molecular weight is 350 g/mol. The SMILES string of the molecule is COCC(=O)N(C1CCOCC1)C1CCN(Cc2cc(C)nn2C)C1. The van der Waals surface area contributed by atoms with Gasteiger partial charge in [0.2, 0.25) is 5.91 Å². The number of carbonyl (C=O) groups excluding carboxylic acids is 1. The minimum atomic E-state index is 0.109. The van der Waals surface area contributed by atoms with Crippen molar-refractivity contribution < 1.29 is 14.3 Å². The number of hydrogen-bond donors (Lipinski definition) is 0. The van der Waals surface area contributed by atoms with E-state index in [4.69, 9.17) is 9.47 Å². The molecule has 2 aliphatic rings. The predicted molar refractivity (Wildman–Crippen MR) is 94.2 cm³/mol. The molecular weight excluding hydrogens is 320 g/mol. The van der Waals surface area contributed by atoms with E-state index in [1.54, 1.807) is 7.11 Å². The molecule has 3 heterocycles. The molecule has 1 atom stereocenters. The maximum atomic E-state index is 12.7. The Bertz CT molecular complexity index is 583. The van der Waals surface area contributed by atoms with Gasteiger partial charge in [0.05, 0.1) is 11.4 Å². The maximum Gasteiger partial charge on any atom is 0.249 e. The van der Waals surface area contributed by atoms with Crippen molar-refractivity contribution in [3.05, 3.63) is 17.5 Å². The third kappa shape index (κ3) is 4.40. The van der Waals surface area contributed by atoms with Crippen LogP contribution in [0, 0.1) is 6.92 Å². The van der Waals surface area contributed by atoms with Gasteiger partial charge < -0.3 is 14.4 Å². The monoisotopic (exact) mass is 350 g/mol. The Hall–Kier alpha value is -1.44. The third-order valence-electron chi connectivity index (χ3n) is 5.27. The molecule has 0 saturated carbocycles. The molecule has 0 aromatic carbocycles. The highest BCUT2D eigenvalue weighted by atomic mass is 16.5. The van der Waals surface area contributed by atoms with E-state index in [1.807, 2.05) is 18.7 Å². The zero-order valence-electron chi connectivity index (χ0n) is 15.6. The van der Waals surface area contributed by atoms with Crippen molar-refractivity contribution in [1.82, 2.24) is 19.6 Å². The van der Waals surface area contributed by atoms with Crippen molar-refractivity contribution in [2.24, 2.45) is 7.05 Å². The van der Waals surface area contributed by atoms with E-state index in [0.29, 0.717) is 0 Å². The number of likely N-dealkylation sites (tertiary alicyclic amines) is 1. The number of amides is 1. The van der Waals surface area contributed by atoms with Crippen LogP contribution in [0.5, 0.6) is 0 Å². The summed E-state index contributed by atoms with van der Waals surface area (Å²) in [7, 11) is 3.58. The zero-order valence-corrected chi connectivity index (χ0v) is 15.6. The molecule has 25 heavy (non-hydrogen) atoms. The van der Waals surface area contributed by atoms with Gasteiger partial charge in [0, 0.05) is 59.1 Å². The van der Waals surface area contributed by atoms with Crippen molar-refractivity contribution in [2.45, 2.75) is 44.8 Å². The lowest BCUT2D eigenvalue weighted by Crippen LogP contribution is -2.51. The topological polar surface area (TPSA) is 59.8 Å². The summed E-state index contributed by atoms with van der Waals surface area (Å²) in [6.07, 6.45) is 2.86. The average Bonchev–Trinajstić information content (AvgIpc) is 3.16. The van der Waals surface area contributed by atoms with E-state index < -0.39 is 0 Å². The molecule has 2 saturated heterocycles. The van der Waals surface area contributed by atoms with E-state index >= 15 is 0 Å². The van der Waals surface area contributed by atoms with Crippen molar-refractivity contribution >= 4 is 5.91 Å². The van der Waals surface area contributed by atoms with E-state index in [0.717, 1.165) is 57.8 Å². The van der Waals surface area contributed by atoms with Gasteiger partial charge in [-0.15, -0.1) is 0 Å². The van der Waals surface area contributed by atoms with Gasteiger partial charge in [-0.1, -0.05) is 0 Å². The molecule has 140 valence electrons. The summed E-state index contributed by atoms with van der Waals surface area (Å²) in [5, 5.41) is 4.43. The van der Waals surface area contributed by atoms with Crippen LogP contribution in [0.25, 0.3) is 0 Å². The Balaban J connectivity index is 1.65. The maximum absolute atomic E-state index is 12.7. The van der Waals surface area contributed by atoms with Crippen LogP contribution in [-0.4, -0.2) is 77.6 Å². The van der Waals surface area contributed by atoms with Crippen LogP contribution in [-0.2, 0) is 27.9 Å². The minimum absolute atomic E-state index is 0.109. The number of aryl methyl sites for hydroxylation is 2. The summed E-state index contributed by atoms with van der Waals surface area (Å²) >= 11 is 0. The first-order chi connectivity index (χ1) is 12.1. The Morgan fingerprint density at radius 2 is 2.12 bits per heavy atom. The molecule has 0 spiro atoms. The summed E-state index contributed by atoms with van der Waals surface area (Å²) < 4.78 is 12.6. The Labute approximate surface area is 149 Å². The number of methoxy groups -OCH3 is 1. The summed E-state index contributed by atoms with van der Waals surface area (Å²) in [6.45, 7) is 6.47. The molecule has 1 amide bonds. The van der Waals surface area contributed by atoms with Crippen molar-refractivity contribution in [2.75, 3.05) is 40.0 Å². The van der Waals surface area contributed by atoms with E-state index in [-0.39, 0.29) is 24.6 Å². The fourth-order valence-corrected chi connectivity index (χ4v) is 4.09. The number of rotatable bonds is 6. The smallest absolute Gasteiger partial charge is 0.249 e. The molecule has 7 heteroatoms. The van der Waals surface area contributed by atoms with Crippen LogP contribution in [0.4, 0.5) is 0 Å². The standard InChI is InChI=1S/C18H30N4O3/c1-14-10-17(20(2)19-14)12-21-7-4-16(11-21)22(18(23)13-24-3)15-5-8-25-9-6-15/h10,15-16H,4-9,11-13H2,1-3H3. The quantitative estimate of drug-likeness (QED) is 0.765. The summed E-state index contributed by atoms with van der Waals surface area (Å²) in [6, 6.07) is 2.68. The normalized spacial score (nSPS) is 22.4. The van der Waals surface area contributed by atoms with Gasteiger partial charge in [-0.3, -0.25) is 14.4 Å². The van der Waals surface area contributed by atoms with E-state index in [1.165, 1.54) is 5.69 Å². The molecule has 0 N–H and O–H groups in total. The fourth-order valence-electron chi connectivity index (χ4n) is 4.09. The van der Waals surface area contributed by atoms with Gasteiger partial charge in [0.25, 0.3) is 0 Å². The molecule has 1 aromatic rings. The largest absolute Gasteiger partial charge is 0.381 e. The second-order valence-corrected chi connectivity index (χ2v) is 7.16. The predicted octanol–water partition coefficient (Wildman–Crippen LogP) is 0.957. The van der Waals surface area contributed by atoms with E-state index in [9.17, 15) is 4.79 Å². The summed E-state index contributed by atoms with van der Waals surface area (Å²) in [5.74, 6) is 0.109. The first-order valence-electron chi connectivity index (χ1n) is 9.18. The van der Waals surface area contributed by atoms with Crippen LogP contribution in [0.1, 0.15) is 30.7 Å². The number of aromatic nitrogens is 2. The fraction of sp³-hybridized carbons (Fsp3) is 0.778. The summed E-state index contributed by atoms with van der Waals surface area (Å²) in [5.41, 5.74) is 2.27. The lowest BCUT2D eigenvalue weighted by molar-refractivity contribution is -0.142. The van der Waals surface area contributed by atoms with Gasteiger partial charge >= 0.3 is 0 Å². The Morgan fingerprint density at radius 1 is 1.36 bits per heavy atom. The molecule has 1 aromatic heterocycles. The number of carbonyl (C=O) groups is 1. The molecular formula is C18H30N4O3. The molecule has 7 nitrogen and oxygen atoms in total. The first kappa shape index (κ1) is 18.4. The number of hydrogen-bond acceptors (Lipinski definition) is 5. The second kappa shape index (κ2) is 8.29. The Morgan fingerprint density at radius 3 is 2.76 bits per heavy atom. The highest BCUT2D eigenvalue weighted by Crippen LogP contribution is 2.24. The zero-order chi connectivity index (χ0) is 17.8. The summed E-state index contributed by atoms with van der Waals surface area (Å²) in [4.78, 5) is 17.2. The van der Waals surface area contributed by atoms with Crippen LogP contribution in [0.2, 0.25) is 0 Å². The van der Waals surface area contributed by atoms with Gasteiger partial charge in [-0.2, -0.15) is 5.10 Å². The molecule has 2 fully saturated rings. The van der Waals surface area contributed by atoms with E-state index in [2.05, 4.69) is 21.0 Å². The van der Waals surface area contributed by atoms with Gasteiger partial charge in [-0.05, 0) is 32.3 Å².